The molecule has 1 aromatic rings. The average Bonchev–Trinajstić information content (AvgIpc) is 2.48. The van der Waals surface area contributed by atoms with Crippen molar-refractivity contribution in [3.8, 4) is 0 Å². The van der Waals surface area contributed by atoms with Gasteiger partial charge in [0.1, 0.15) is 6.04 Å². The number of aliphatic carboxylic acids is 1. The third-order valence-corrected chi connectivity index (χ3v) is 3.67. The minimum atomic E-state index is -0.915. The van der Waals surface area contributed by atoms with Crippen molar-refractivity contribution < 1.29 is 14.7 Å². The van der Waals surface area contributed by atoms with Gasteiger partial charge in [0.05, 0.1) is 6.04 Å². The van der Waals surface area contributed by atoms with E-state index < -0.39 is 18.1 Å². The highest BCUT2D eigenvalue weighted by Crippen LogP contribution is 2.06. The minimum absolute atomic E-state index is 0.170. The number of benzene rings is 1. The molecule has 2 atom stereocenters. The van der Waals surface area contributed by atoms with Gasteiger partial charge in [-0.1, -0.05) is 37.6 Å². The molecule has 0 spiro atoms. The van der Waals surface area contributed by atoms with Crippen molar-refractivity contribution in [2.75, 3.05) is 6.54 Å². The third kappa shape index (κ3) is 5.85. The smallest absolute Gasteiger partial charge is 0.320 e. The Morgan fingerprint density at radius 3 is 2.55 bits per heavy atom. The van der Waals surface area contributed by atoms with Gasteiger partial charge in [0.15, 0.2) is 0 Å². The van der Waals surface area contributed by atoms with Gasteiger partial charge in [0.2, 0.25) is 5.91 Å². The maximum Gasteiger partial charge on any atom is 0.320 e. The highest BCUT2D eigenvalue weighted by atomic mass is 16.4. The van der Waals surface area contributed by atoms with Crippen LogP contribution in [0.2, 0.25) is 0 Å². The van der Waals surface area contributed by atoms with Crippen LogP contribution in [0.3, 0.4) is 0 Å². The van der Waals surface area contributed by atoms with Crippen molar-refractivity contribution in [3.63, 3.8) is 0 Å². The van der Waals surface area contributed by atoms with Gasteiger partial charge in [0, 0.05) is 6.54 Å². The van der Waals surface area contributed by atoms with Crippen molar-refractivity contribution >= 4 is 11.9 Å². The molecule has 0 aliphatic rings. The Balaban J connectivity index is 2.41. The fourth-order valence-corrected chi connectivity index (χ4v) is 2.31. The molecule has 0 aliphatic carbocycles. The van der Waals surface area contributed by atoms with Crippen LogP contribution in [0.25, 0.3) is 0 Å². The average molecular weight is 306 g/mol. The largest absolute Gasteiger partial charge is 0.480 e. The summed E-state index contributed by atoms with van der Waals surface area (Å²) >= 11 is 0. The molecule has 5 nitrogen and oxygen atoms in total. The van der Waals surface area contributed by atoms with Gasteiger partial charge in [-0.05, 0) is 37.8 Å². The van der Waals surface area contributed by atoms with Crippen LogP contribution in [0.5, 0.6) is 0 Å². The van der Waals surface area contributed by atoms with Crippen LogP contribution in [-0.4, -0.2) is 35.6 Å². The molecule has 22 heavy (non-hydrogen) atoms. The van der Waals surface area contributed by atoms with E-state index in [2.05, 4.69) is 10.6 Å². The molecule has 0 radical (unpaired) electrons. The van der Waals surface area contributed by atoms with Crippen LogP contribution in [0.15, 0.2) is 24.3 Å². The number of rotatable bonds is 9. The Hall–Kier alpha value is -1.88. The second-order valence-electron chi connectivity index (χ2n) is 5.54. The zero-order valence-electron chi connectivity index (χ0n) is 13.6. The van der Waals surface area contributed by atoms with E-state index in [1.54, 1.807) is 6.92 Å². The number of aryl methyl sites for hydroxylation is 1. The predicted molar refractivity (Wildman–Crippen MR) is 86.8 cm³/mol. The van der Waals surface area contributed by atoms with Crippen LogP contribution < -0.4 is 10.6 Å². The number of nitrogens with one attached hydrogen (secondary N) is 2. The van der Waals surface area contributed by atoms with E-state index in [0.717, 1.165) is 12.8 Å². The lowest BCUT2D eigenvalue weighted by Crippen LogP contribution is -2.49. The van der Waals surface area contributed by atoms with Gasteiger partial charge in [0.25, 0.3) is 0 Å². The molecule has 1 aromatic carbocycles. The highest BCUT2D eigenvalue weighted by Gasteiger charge is 2.21. The van der Waals surface area contributed by atoms with E-state index in [4.69, 9.17) is 5.11 Å². The summed E-state index contributed by atoms with van der Waals surface area (Å²) in [6.45, 7) is 6.20. The molecule has 1 rings (SSSR count). The van der Waals surface area contributed by atoms with Crippen molar-refractivity contribution in [1.29, 1.82) is 0 Å². The summed E-state index contributed by atoms with van der Waals surface area (Å²) in [6, 6.07) is 6.86. The van der Waals surface area contributed by atoms with Gasteiger partial charge in [-0.15, -0.1) is 0 Å². The normalized spacial score (nSPS) is 13.4. The lowest BCUT2D eigenvalue weighted by Gasteiger charge is -2.19. The van der Waals surface area contributed by atoms with Gasteiger partial charge in [-0.25, -0.2) is 0 Å². The molecule has 2 unspecified atom stereocenters. The predicted octanol–water partition coefficient (Wildman–Crippen LogP) is 1.89. The maximum absolute atomic E-state index is 12.0. The molecule has 0 saturated heterocycles. The van der Waals surface area contributed by atoms with Crippen LogP contribution in [-0.2, 0) is 16.0 Å². The Labute approximate surface area is 132 Å². The number of carbonyl (C=O) groups excluding carboxylic acids is 1. The topological polar surface area (TPSA) is 78.4 Å². The second-order valence-corrected chi connectivity index (χ2v) is 5.54. The SMILES string of the molecule is CCCC(NC(C)C(=O)NCCc1ccccc1C)C(=O)O. The number of carboxylic acid groups (broad SMARTS) is 1. The zero-order chi connectivity index (χ0) is 16.5. The van der Waals surface area contributed by atoms with Gasteiger partial charge >= 0.3 is 5.97 Å². The first kappa shape index (κ1) is 18.2. The molecular formula is C17H26N2O3. The molecule has 0 bridgehead atoms. The Morgan fingerprint density at radius 1 is 1.27 bits per heavy atom. The highest BCUT2D eigenvalue weighted by molar-refractivity contribution is 5.82. The van der Waals surface area contributed by atoms with Gasteiger partial charge in [-0.3, -0.25) is 14.9 Å². The molecule has 0 saturated carbocycles. The first-order valence-electron chi connectivity index (χ1n) is 7.76. The molecule has 0 heterocycles. The summed E-state index contributed by atoms with van der Waals surface area (Å²) in [6.07, 6.45) is 2.03. The lowest BCUT2D eigenvalue weighted by molar-refractivity contribution is -0.140. The number of hydrogen-bond donors (Lipinski definition) is 3. The van der Waals surface area contributed by atoms with Crippen LogP contribution >= 0.6 is 0 Å². The van der Waals surface area contributed by atoms with E-state index in [1.807, 2.05) is 38.1 Å². The second kappa shape index (κ2) is 9.20. The fraction of sp³-hybridized carbons (Fsp3) is 0.529. The first-order valence-corrected chi connectivity index (χ1v) is 7.76. The van der Waals surface area contributed by atoms with Crippen molar-refractivity contribution in [2.24, 2.45) is 0 Å². The Morgan fingerprint density at radius 2 is 1.95 bits per heavy atom. The molecule has 1 amide bonds. The monoisotopic (exact) mass is 306 g/mol. The summed E-state index contributed by atoms with van der Waals surface area (Å²) < 4.78 is 0. The third-order valence-electron chi connectivity index (χ3n) is 3.67. The van der Waals surface area contributed by atoms with Crippen LogP contribution in [0, 0.1) is 6.92 Å². The van der Waals surface area contributed by atoms with Crippen LogP contribution in [0.1, 0.15) is 37.8 Å². The van der Waals surface area contributed by atoms with E-state index in [9.17, 15) is 9.59 Å². The molecule has 0 aliphatic heterocycles. The van der Waals surface area contributed by atoms with Crippen LogP contribution in [0.4, 0.5) is 0 Å². The van der Waals surface area contributed by atoms with Crippen molar-refractivity contribution in [3.05, 3.63) is 35.4 Å². The van der Waals surface area contributed by atoms with Crippen molar-refractivity contribution in [1.82, 2.24) is 10.6 Å². The van der Waals surface area contributed by atoms with Gasteiger partial charge in [-0.2, -0.15) is 0 Å². The number of amides is 1. The number of carboxylic acids is 1. The summed E-state index contributed by atoms with van der Waals surface area (Å²) in [5, 5.41) is 14.8. The molecule has 0 aromatic heterocycles. The molecule has 5 heteroatoms. The molecular weight excluding hydrogens is 280 g/mol. The first-order chi connectivity index (χ1) is 10.5. The molecule has 3 N–H and O–H groups in total. The zero-order valence-corrected chi connectivity index (χ0v) is 13.6. The van der Waals surface area contributed by atoms with E-state index in [0.29, 0.717) is 13.0 Å². The maximum atomic E-state index is 12.0. The minimum Gasteiger partial charge on any atom is -0.480 e. The van der Waals surface area contributed by atoms with E-state index >= 15 is 0 Å². The Bertz CT molecular complexity index is 502. The van der Waals surface area contributed by atoms with E-state index in [1.165, 1.54) is 11.1 Å². The van der Waals surface area contributed by atoms with E-state index in [-0.39, 0.29) is 5.91 Å². The Kier molecular flexibility index (Phi) is 7.60. The summed E-state index contributed by atoms with van der Waals surface area (Å²) in [4.78, 5) is 23.1. The number of carbonyl (C=O) groups is 2. The molecule has 0 fully saturated rings. The van der Waals surface area contributed by atoms with Crippen molar-refractivity contribution in [2.45, 2.75) is 52.1 Å². The molecule has 122 valence electrons. The lowest BCUT2D eigenvalue weighted by atomic mass is 10.1. The number of hydrogen-bond acceptors (Lipinski definition) is 3. The quantitative estimate of drug-likeness (QED) is 0.651. The summed E-state index contributed by atoms with van der Waals surface area (Å²) in [5.74, 6) is -1.09. The summed E-state index contributed by atoms with van der Waals surface area (Å²) in [5.41, 5.74) is 2.41. The van der Waals surface area contributed by atoms with Gasteiger partial charge < -0.3 is 10.4 Å². The standard InChI is InChI=1S/C17H26N2O3/c1-4-7-15(17(21)22)19-13(3)16(20)18-11-10-14-9-6-5-8-12(14)2/h5-6,8-9,13,15,19H,4,7,10-11H2,1-3H3,(H,18,20)(H,21,22). The fourth-order valence-electron chi connectivity index (χ4n) is 2.31. The summed E-state index contributed by atoms with van der Waals surface area (Å²) in [7, 11) is 0.